The first kappa shape index (κ1) is 23.4. The van der Waals surface area contributed by atoms with Gasteiger partial charge in [-0.15, -0.1) is 24.9 Å². The van der Waals surface area contributed by atoms with E-state index in [4.69, 9.17) is 0 Å². The second-order valence-electron chi connectivity index (χ2n) is 6.24. The molecule has 0 aliphatic heterocycles. The molecule has 1 N–H and O–H groups in total. The number of hydrogen-bond donors (Lipinski definition) is 1. The predicted molar refractivity (Wildman–Crippen MR) is 104 cm³/mol. The fourth-order valence-corrected chi connectivity index (χ4v) is 4.89. The van der Waals surface area contributed by atoms with Gasteiger partial charge in [0.15, 0.2) is 5.75 Å². The Hall–Kier alpha value is -1.91. The van der Waals surface area contributed by atoms with Gasteiger partial charge in [-0.25, -0.2) is 13.1 Å². The van der Waals surface area contributed by atoms with Crippen LogP contribution in [-0.2, 0) is 21.6 Å². The Morgan fingerprint density at radius 2 is 1.86 bits per heavy atom. The largest absolute Gasteiger partial charge is 0.573 e. The molecule has 0 aromatic heterocycles. The van der Waals surface area contributed by atoms with Crippen LogP contribution in [0.25, 0.3) is 0 Å². The van der Waals surface area contributed by atoms with Crippen molar-refractivity contribution < 1.29 is 31.4 Å². The van der Waals surface area contributed by atoms with Gasteiger partial charge < -0.3 is 4.74 Å². The molecule has 29 heavy (non-hydrogen) atoms. The number of nitrogens with one attached hydrogen (secondary N) is 1. The second kappa shape index (κ2) is 9.73. The van der Waals surface area contributed by atoms with Crippen LogP contribution in [0, 0.1) is 6.92 Å². The molecular formula is C19H21F3NO4S2. The lowest BCUT2D eigenvalue weighted by Crippen LogP contribution is -2.27. The molecule has 0 heterocycles. The van der Waals surface area contributed by atoms with Crippen molar-refractivity contribution in [2.45, 2.75) is 42.8 Å². The van der Waals surface area contributed by atoms with E-state index in [9.17, 15) is 26.7 Å². The lowest BCUT2D eigenvalue weighted by atomic mass is 10.1. The van der Waals surface area contributed by atoms with Crippen LogP contribution in [-0.4, -0.2) is 27.1 Å². The van der Waals surface area contributed by atoms with E-state index >= 15 is 0 Å². The molecule has 0 atom stereocenters. The highest BCUT2D eigenvalue weighted by molar-refractivity contribution is 7.99. The zero-order valence-corrected chi connectivity index (χ0v) is 17.5. The van der Waals surface area contributed by atoms with Crippen molar-refractivity contribution in [2.24, 2.45) is 0 Å². The zero-order chi connectivity index (χ0) is 21.7. The van der Waals surface area contributed by atoms with E-state index < -0.39 is 22.1 Å². The fourth-order valence-electron chi connectivity index (χ4n) is 2.61. The highest BCUT2D eigenvalue weighted by Crippen LogP contribution is 2.28. The molecule has 2 aromatic carbocycles. The average molecular weight is 449 g/mol. The summed E-state index contributed by atoms with van der Waals surface area (Å²) in [7, 11) is -3.89. The number of sulfonamides is 1. The van der Waals surface area contributed by atoms with Gasteiger partial charge in [-0.3, -0.25) is 5.11 Å². The van der Waals surface area contributed by atoms with E-state index in [1.54, 1.807) is 26.0 Å². The van der Waals surface area contributed by atoms with Crippen LogP contribution in [0.2, 0.25) is 0 Å². The van der Waals surface area contributed by atoms with Gasteiger partial charge in [-0.1, -0.05) is 13.3 Å². The molecule has 159 valence electrons. The van der Waals surface area contributed by atoms with E-state index in [1.807, 2.05) is 0 Å². The van der Waals surface area contributed by atoms with E-state index in [0.717, 1.165) is 23.1 Å². The average Bonchev–Trinajstić information content (AvgIpc) is 2.60. The first-order valence-electron chi connectivity index (χ1n) is 8.80. The van der Waals surface area contributed by atoms with E-state index in [2.05, 4.69) is 9.46 Å². The summed E-state index contributed by atoms with van der Waals surface area (Å²) < 4.78 is 68.8. The molecule has 0 saturated carbocycles. The Kier molecular flexibility index (Phi) is 7.84. The van der Waals surface area contributed by atoms with Crippen molar-refractivity contribution >= 4 is 21.8 Å². The van der Waals surface area contributed by atoms with E-state index in [1.165, 1.54) is 17.8 Å². The van der Waals surface area contributed by atoms with E-state index in [-0.39, 0.29) is 22.8 Å². The summed E-state index contributed by atoms with van der Waals surface area (Å²) in [6, 6.07) is 8.09. The van der Waals surface area contributed by atoms with Crippen molar-refractivity contribution in [2.75, 3.05) is 12.3 Å². The molecule has 1 radical (unpaired) electrons. The quantitative estimate of drug-likeness (QED) is 0.430. The highest BCUT2D eigenvalue weighted by Gasteiger charge is 2.31. The molecule has 5 nitrogen and oxygen atoms in total. The summed E-state index contributed by atoms with van der Waals surface area (Å²) in [5.74, 6) is -0.0842. The van der Waals surface area contributed by atoms with Crippen LogP contribution in [0.15, 0.2) is 46.2 Å². The minimum Gasteiger partial charge on any atom is -0.406 e. The molecule has 0 fully saturated rings. The van der Waals surface area contributed by atoms with Gasteiger partial charge in [0.2, 0.25) is 10.0 Å². The lowest BCUT2D eigenvalue weighted by molar-refractivity contribution is -0.274. The summed E-state index contributed by atoms with van der Waals surface area (Å²) in [6.45, 7) is 3.63. The number of rotatable bonds is 9. The zero-order valence-electron chi connectivity index (χ0n) is 15.9. The smallest absolute Gasteiger partial charge is 0.406 e. The van der Waals surface area contributed by atoms with Crippen molar-refractivity contribution in [3.05, 3.63) is 47.5 Å². The molecule has 0 saturated heterocycles. The summed E-state index contributed by atoms with van der Waals surface area (Å²) in [6.07, 6.45) is -3.99. The number of ether oxygens (including phenoxy) is 1. The maximum atomic E-state index is 12.6. The number of thioether (sulfide) groups is 1. The van der Waals surface area contributed by atoms with Crippen molar-refractivity contribution in [1.82, 2.24) is 4.72 Å². The summed E-state index contributed by atoms with van der Waals surface area (Å²) >= 11 is 1.39. The Balaban J connectivity index is 2.05. The molecule has 2 rings (SSSR count). The third kappa shape index (κ3) is 7.13. The maximum absolute atomic E-state index is 12.6. The summed E-state index contributed by atoms with van der Waals surface area (Å²) in [4.78, 5) is 0.784. The van der Waals surface area contributed by atoms with Crippen LogP contribution >= 0.6 is 11.8 Å². The van der Waals surface area contributed by atoms with E-state index in [0.29, 0.717) is 24.2 Å². The normalized spacial score (nSPS) is 12.2. The Morgan fingerprint density at radius 1 is 1.14 bits per heavy atom. The third-order valence-electron chi connectivity index (χ3n) is 3.88. The monoisotopic (exact) mass is 448 g/mol. The van der Waals surface area contributed by atoms with Crippen molar-refractivity contribution in [3.63, 3.8) is 0 Å². The van der Waals surface area contributed by atoms with Gasteiger partial charge in [0.05, 0.1) is 4.90 Å². The van der Waals surface area contributed by atoms with Crippen LogP contribution in [0.3, 0.4) is 0 Å². The molecular weight excluding hydrogens is 427 g/mol. The number of benzene rings is 2. The SMILES string of the molecule is CCCc1cc(OC(F)(F)F)ccc1S(=O)(=O)NCCSc1ccc([O])c(C)c1. The minimum absolute atomic E-state index is 0.0588. The Bertz CT molecular complexity index is 947. The van der Waals surface area contributed by atoms with Gasteiger partial charge in [0, 0.05) is 17.2 Å². The predicted octanol–water partition coefficient (Wildman–Crippen LogP) is 5.06. The van der Waals surface area contributed by atoms with Gasteiger partial charge in [-0.05, 0) is 60.9 Å². The number of aryl methyl sites for hydroxylation is 2. The Labute approximate surface area is 172 Å². The third-order valence-corrected chi connectivity index (χ3v) is 6.44. The van der Waals surface area contributed by atoms with Gasteiger partial charge in [0.1, 0.15) is 5.75 Å². The van der Waals surface area contributed by atoms with Gasteiger partial charge in [-0.2, -0.15) is 0 Å². The van der Waals surface area contributed by atoms with Crippen molar-refractivity contribution in [3.8, 4) is 11.5 Å². The molecule has 0 spiro atoms. The van der Waals surface area contributed by atoms with Crippen molar-refractivity contribution in [1.29, 1.82) is 0 Å². The standard InChI is InChI=1S/C19H21F3NO4S2/c1-3-4-14-12-15(27-19(20,21)22)5-8-18(14)29(25,26)23-9-10-28-16-6-7-17(24)13(2)11-16/h5-8,11-12,23H,3-4,9-10H2,1-2H3. The Morgan fingerprint density at radius 3 is 2.48 bits per heavy atom. The number of hydrogen-bond acceptors (Lipinski definition) is 4. The summed E-state index contributed by atoms with van der Waals surface area (Å²) in [5.41, 5.74) is 0.872. The van der Waals surface area contributed by atoms with Crippen LogP contribution < -0.4 is 9.46 Å². The topological polar surface area (TPSA) is 75.3 Å². The summed E-state index contributed by atoms with van der Waals surface area (Å²) in [5, 5.41) is 11.4. The first-order valence-corrected chi connectivity index (χ1v) is 11.3. The fraction of sp³-hybridized carbons (Fsp3) is 0.368. The molecule has 0 unspecified atom stereocenters. The number of alkyl halides is 3. The van der Waals surface area contributed by atoms with Gasteiger partial charge >= 0.3 is 6.36 Å². The lowest BCUT2D eigenvalue weighted by Gasteiger charge is -2.14. The molecule has 0 bridgehead atoms. The minimum atomic E-state index is -4.85. The van der Waals surface area contributed by atoms with Crippen LogP contribution in [0.5, 0.6) is 11.5 Å². The number of halogens is 3. The molecule has 10 heteroatoms. The van der Waals surface area contributed by atoms with Gasteiger partial charge in [0.25, 0.3) is 0 Å². The molecule has 0 amide bonds. The van der Waals surface area contributed by atoms with Crippen LogP contribution in [0.1, 0.15) is 24.5 Å². The second-order valence-corrected chi connectivity index (χ2v) is 9.14. The highest BCUT2D eigenvalue weighted by atomic mass is 32.2. The van der Waals surface area contributed by atoms with Crippen LogP contribution in [0.4, 0.5) is 13.2 Å². The first-order chi connectivity index (χ1) is 13.5. The maximum Gasteiger partial charge on any atom is 0.573 e. The molecule has 0 aliphatic carbocycles. The molecule has 2 aromatic rings. The molecule has 0 aliphatic rings.